The van der Waals surface area contributed by atoms with Crippen LogP contribution in [0, 0.1) is 5.92 Å². The third-order valence-electron chi connectivity index (χ3n) is 4.05. The normalized spacial score (nSPS) is 14.2. The maximum atomic E-state index is 5.29. The van der Waals surface area contributed by atoms with E-state index in [2.05, 4.69) is 44.8 Å². The van der Waals surface area contributed by atoms with Gasteiger partial charge in [0.05, 0.1) is 12.6 Å². The molecule has 1 fully saturated rings. The van der Waals surface area contributed by atoms with E-state index in [1.807, 2.05) is 28.9 Å². The number of anilines is 1. The highest BCUT2D eigenvalue weighted by Gasteiger charge is 2.28. The Kier molecular flexibility index (Phi) is 4.17. The number of aromatic nitrogens is 6. The third-order valence-corrected chi connectivity index (χ3v) is 4.05. The number of benzene rings is 1. The molecule has 1 N–H and O–H groups in total. The van der Waals surface area contributed by atoms with Gasteiger partial charge in [0, 0.05) is 17.7 Å². The fraction of sp³-hybridized carbons (Fsp3) is 0.471. The van der Waals surface area contributed by atoms with Crippen LogP contribution in [0.5, 0.6) is 0 Å². The van der Waals surface area contributed by atoms with Gasteiger partial charge >= 0.3 is 0 Å². The Bertz CT molecular complexity index is 850. The summed E-state index contributed by atoms with van der Waals surface area (Å²) in [6, 6.07) is 8.49. The number of nitrogens with one attached hydrogen (secondary N) is 1. The van der Waals surface area contributed by atoms with E-state index in [4.69, 9.17) is 4.52 Å². The summed E-state index contributed by atoms with van der Waals surface area (Å²) in [5, 5.41) is 19.4. The van der Waals surface area contributed by atoms with Gasteiger partial charge in [0.2, 0.25) is 5.89 Å². The monoisotopic (exact) mass is 339 g/mol. The van der Waals surface area contributed by atoms with Crippen molar-refractivity contribution in [3.05, 3.63) is 36.0 Å². The van der Waals surface area contributed by atoms with Gasteiger partial charge in [0.15, 0.2) is 11.6 Å². The molecule has 1 aromatic carbocycles. The third kappa shape index (κ3) is 3.67. The first-order valence-corrected chi connectivity index (χ1v) is 8.62. The van der Waals surface area contributed by atoms with Gasteiger partial charge in [-0.3, -0.25) is 0 Å². The zero-order valence-electron chi connectivity index (χ0n) is 14.4. The molecular formula is C17H21N7O. The highest BCUT2D eigenvalue weighted by atomic mass is 16.5. The number of rotatable bonds is 7. The van der Waals surface area contributed by atoms with E-state index in [0.29, 0.717) is 24.4 Å². The summed E-state index contributed by atoms with van der Waals surface area (Å²) >= 11 is 0. The quantitative estimate of drug-likeness (QED) is 0.707. The van der Waals surface area contributed by atoms with Crippen molar-refractivity contribution in [2.75, 3.05) is 5.32 Å². The zero-order chi connectivity index (χ0) is 17.2. The maximum Gasteiger partial charge on any atom is 0.245 e. The van der Waals surface area contributed by atoms with Crippen molar-refractivity contribution in [1.82, 2.24) is 30.3 Å². The predicted octanol–water partition coefficient (Wildman–Crippen LogP) is 2.87. The fourth-order valence-corrected chi connectivity index (χ4v) is 2.70. The molecule has 1 aliphatic carbocycles. The van der Waals surface area contributed by atoms with Crippen molar-refractivity contribution in [1.29, 1.82) is 0 Å². The highest BCUT2D eigenvalue weighted by molar-refractivity contribution is 5.62. The molecule has 2 heterocycles. The summed E-state index contributed by atoms with van der Waals surface area (Å²) in [5.41, 5.74) is 1.96. The molecular weight excluding hydrogens is 318 g/mol. The average Bonchev–Trinajstić information content (AvgIpc) is 3.15. The van der Waals surface area contributed by atoms with Gasteiger partial charge in [0.1, 0.15) is 0 Å². The Morgan fingerprint density at radius 1 is 1.32 bits per heavy atom. The lowest BCUT2D eigenvalue weighted by atomic mass is 10.1. The van der Waals surface area contributed by atoms with Crippen LogP contribution in [-0.2, 0) is 13.0 Å². The number of tetrazole rings is 1. The van der Waals surface area contributed by atoms with Gasteiger partial charge in [-0.2, -0.15) is 4.98 Å². The Balaban J connectivity index is 1.45. The van der Waals surface area contributed by atoms with Crippen LogP contribution in [-0.4, -0.2) is 30.3 Å². The van der Waals surface area contributed by atoms with Gasteiger partial charge in [0.25, 0.3) is 0 Å². The van der Waals surface area contributed by atoms with Crippen LogP contribution in [0.4, 0.5) is 5.69 Å². The van der Waals surface area contributed by atoms with Gasteiger partial charge in [-0.15, -0.1) is 5.10 Å². The second-order valence-corrected chi connectivity index (χ2v) is 6.81. The molecule has 2 aromatic heterocycles. The Labute approximate surface area is 145 Å². The Morgan fingerprint density at radius 3 is 3.00 bits per heavy atom. The molecule has 0 aliphatic heterocycles. The molecule has 4 rings (SSSR count). The van der Waals surface area contributed by atoms with Crippen molar-refractivity contribution in [3.8, 4) is 11.4 Å². The molecule has 130 valence electrons. The second kappa shape index (κ2) is 6.62. The minimum Gasteiger partial charge on any atom is -0.376 e. The number of nitrogens with zero attached hydrogens (tertiary/aromatic N) is 6. The van der Waals surface area contributed by atoms with E-state index in [1.54, 1.807) is 0 Å². The van der Waals surface area contributed by atoms with Crippen LogP contribution in [0.3, 0.4) is 0 Å². The molecule has 8 nitrogen and oxygen atoms in total. The number of hydrogen-bond donors (Lipinski definition) is 1. The lowest BCUT2D eigenvalue weighted by Crippen LogP contribution is -2.02. The first-order chi connectivity index (χ1) is 12.2. The highest BCUT2D eigenvalue weighted by Crippen LogP contribution is 2.36. The van der Waals surface area contributed by atoms with Gasteiger partial charge in [-0.05, 0) is 41.3 Å². The summed E-state index contributed by atoms with van der Waals surface area (Å²) in [5.74, 6) is 2.66. The minimum atomic E-state index is 0.444. The van der Waals surface area contributed by atoms with E-state index in [0.717, 1.165) is 42.2 Å². The molecule has 25 heavy (non-hydrogen) atoms. The molecule has 0 atom stereocenters. The van der Waals surface area contributed by atoms with Gasteiger partial charge < -0.3 is 9.84 Å². The topological polar surface area (TPSA) is 94.5 Å². The largest absolute Gasteiger partial charge is 0.376 e. The summed E-state index contributed by atoms with van der Waals surface area (Å²) in [4.78, 5) is 4.41. The standard InChI is InChI=1S/C17H21N7O/c1-11(2)8-15-19-16(25-21-15)10-18-13-5-3-4-12(9-13)17-20-22-23-24(17)14-6-7-14/h3-5,9,11,14,18H,6-8,10H2,1-2H3. The van der Waals surface area contributed by atoms with E-state index in [-0.39, 0.29) is 0 Å². The molecule has 1 saturated carbocycles. The molecule has 0 saturated heterocycles. The summed E-state index contributed by atoms with van der Waals surface area (Å²) in [7, 11) is 0. The molecule has 0 bridgehead atoms. The Hall–Kier alpha value is -2.77. The van der Waals surface area contributed by atoms with Crippen LogP contribution < -0.4 is 5.32 Å². The Morgan fingerprint density at radius 2 is 2.20 bits per heavy atom. The van der Waals surface area contributed by atoms with Crippen molar-refractivity contribution < 1.29 is 4.52 Å². The van der Waals surface area contributed by atoms with Crippen LogP contribution in [0.15, 0.2) is 28.8 Å². The van der Waals surface area contributed by atoms with Gasteiger partial charge in [-0.1, -0.05) is 31.1 Å². The summed E-state index contributed by atoms with van der Waals surface area (Å²) < 4.78 is 7.20. The van der Waals surface area contributed by atoms with E-state index < -0.39 is 0 Å². The van der Waals surface area contributed by atoms with Crippen molar-refractivity contribution in [3.63, 3.8) is 0 Å². The van der Waals surface area contributed by atoms with Crippen molar-refractivity contribution in [2.45, 2.75) is 45.7 Å². The zero-order valence-corrected chi connectivity index (χ0v) is 14.4. The molecule has 0 unspecified atom stereocenters. The van der Waals surface area contributed by atoms with Gasteiger partial charge in [-0.25, -0.2) is 4.68 Å². The molecule has 8 heteroatoms. The average molecular weight is 339 g/mol. The van der Waals surface area contributed by atoms with Crippen molar-refractivity contribution in [2.24, 2.45) is 5.92 Å². The van der Waals surface area contributed by atoms with Crippen LogP contribution in [0.1, 0.15) is 44.4 Å². The molecule has 0 amide bonds. The summed E-state index contributed by atoms with van der Waals surface area (Å²) in [6.45, 7) is 4.76. The van der Waals surface area contributed by atoms with Crippen LogP contribution in [0.25, 0.3) is 11.4 Å². The molecule has 0 spiro atoms. The molecule has 1 aliphatic rings. The fourth-order valence-electron chi connectivity index (χ4n) is 2.70. The maximum absolute atomic E-state index is 5.29. The van der Waals surface area contributed by atoms with E-state index >= 15 is 0 Å². The van der Waals surface area contributed by atoms with E-state index in [1.165, 1.54) is 0 Å². The molecule has 0 radical (unpaired) electrons. The first-order valence-electron chi connectivity index (χ1n) is 8.62. The number of hydrogen-bond acceptors (Lipinski definition) is 7. The van der Waals surface area contributed by atoms with Crippen molar-refractivity contribution >= 4 is 5.69 Å². The second-order valence-electron chi connectivity index (χ2n) is 6.81. The summed E-state index contributed by atoms with van der Waals surface area (Å²) in [6.07, 6.45) is 3.11. The SMILES string of the molecule is CC(C)Cc1noc(CNc2cccc(-c3nnnn3C3CC3)c2)n1. The van der Waals surface area contributed by atoms with Crippen LogP contribution in [0.2, 0.25) is 0 Å². The predicted molar refractivity (Wildman–Crippen MR) is 91.7 cm³/mol. The smallest absolute Gasteiger partial charge is 0.245 e. The minimum absolute atomic E-state index is 0.444. The van der Waals surface area contributed by atoms with Crippen LogP contribution >= 0.6 is 0 Å². The lowest BCUT2D eigenvalue weighted by molar-refractivity contribution is 0.375. The molecule has 3 aromatic rings. The van der Waals surface area contributed by atoms with E-state index in [9.17, 15) is 0 Å². The first kappa shape index (κ1) is 15.7. The lowest BCUT2D eigenvalue weighted by Gasteiger charge is -2.07.